The minimum atomic E-state index is -0.734. The third-order valence-corrected chi connectivity index (χ3v) is 9.14. The molecule has 0 aromatic carbocycles. The molecule has 0 unspecified atom stereocenters. The summed E-state index contributed by atoms with van der Waals surface area (Å²) in [6.45, 7) is 2.44. The average Bonchev–Trinajstić information content (AvgIpc) is 3.21. The van der Waals surface area contributed by atoms with E-state index in [-0.39, 0.29) is 88.8 Å². The van der Waals surface area contributed by atoms with Gasteiger partial charge in [-0.2, -0.15) is 0 Å². The molecule has 60 heavy (non-hydrogen) atoms. The monoisotopic (exact) mass is 859 g/mol. The largest absolute Gasteiger partial charge is 0.481 e. The summed E-state index contributed by atoms with van der Waals surface area (Å²) in [5.41, 5.74) is 10.6. The standard InChI is InChI=1S/C41H78N8O11/c1-44-40(56)34(18-16-23-48-41(42)43)49-38(53)33-60-31-29-58-27-25-47-37(52)32-59-30-28-57-26-24-46-36(51)20-17-22-45-35(50)19-14-12-10-8-6-4-2-3-5-7-9-11-13-15-21-39(54)55/h34H,2-33H2,1H3,(H,44,56)(H,45,50)(H,46,51)(H,47,52)(H,49,53)(H,54,55)(H4,42,43,48)/t34-/m1/s1. The Morgan fingerprint density at radius 2 is 0.950 bits per heavy atom. The summed E-state index contributed by atoms with van der Waals surface area (Å²) in [7, 11) is 1.48. The first-order valence-corrected chi connectivity index (χ1v) is 21.9. The molecule has 0 aromatic rings. The fourth-order valence-corrected chi connectivity index (χ4v) is 5.87. The van der Waals surface area contributed by atoms with Crippen LogP contribution in [0.3, 0.4) is 0 Å². The molecule has 1 atom stereocenters. The van der Waals surface area contributed by atoms with Crippen LogP contribution in [-0.4, -0.2) is 139 Å². The van der Waals surface area contributed by atoms with Crippen molar-refractivity contribution in [2.45, 2.75) is 134 Å². The lowest BCUT2D eigenvalue weighted by Gasteiger charge is -2.17. The average molecular weight is 859 g/mol. The molecule has 0 spiro atoms. The van der Waals surface area contributed by atoms with Gasteiger partial charge in [-0.3, -0.25) is 33.8 Å². The van der Waals surface area contributed by atoms with E-state index >= 15 is 0 Å². The van der Waals surface area contributed by atoms with Gasteiger partial charge in [0.15, 0.2) is 5.96 Å². The van der Waals surface area contributed by atoms with Crippen molar-refractivity contribution in [2.24, 2.45) is 16.5 Å². The number of nitrogens with two attached hydrogens (primary N) is 2. The number of aliphatic carboxylic acids is 1. The Morgan fingerprint density at radius 1 is 0.517 bits per heavy atom. The van der Waals surface area contributed by atoms with Crippen LogP contribution in [0.4, 0.5) is 0 Å². The molecule has 0 aromatic heterocycles. The number of rotatable bonds is 43. The number of hydrogen-bond donors (Lipinski definition) is 8. The maximum absolute atomic E-state index is 12.1. The van der Waals surface area contributed by atoms with E-state index in [9.17, 15) is 28.8 Å². The first kappa shape index (κ1) is 55.9. The van der Waals surface area contributed by atoms with Gasteiger partial charge in [-0.15, -0.1) is 0 Å². The number of aliphatic imine (C=N–C) groups is 1. The van der Waals surface area contributed by atoms with Gasteiger partial charge in [0.1, 0.15) is 19.3 Å². The molecule has 348 valence electrons. The highest BCUT2D eigenvalue weighted by Gasteiger charge is 2.19. The lowest BCUT2D eigenvalue weighted by Crippen LogP contribution is -2.47. The van der Waals surface area contributed by atoms with Gasteiger partial charge in [0.25, 0.3) is 0 Å². The van der Waals surface area contributed by atoms with Gasteiger partial charge in [0, 0.05) is 52.5 Å². The zero-order valence-corrected chi connectivity index (χ0v) is 36.3. The topological polar surface area (TPSA) is 284 Å². The number of nitrogens with one attached hydrogen (secondary N) is 5. The van der Waals surface area contributed by atoms with E-state index in [1.165, 1.54) is 58.4 Å². The van der Waals surface area contributed by atoms with Gasteiger partial charge in [0.05, 0.1) is 39.6 Å². The summed E-state index contributed by atoms with van der Waals surface area (Å²) in [6.07, 6.45) is 18.6. The Kier molecular flexibility index (Phi) is 38.8. The summed E-state index contributed by atoms with van der Waals surface area (Å²) in [5.74, 6) is -1.89. The zero-order chi connectivity index (χ0) is 44.3. The van der Waals surface area contributed by atoms with Crippen molar-refractivity contribution in [2.75, 3.05) is 86.1 Å². The predicted molar refractivity (Wildman–Crippen MR) is 229 cm³/mol. The first-order chi connectivity index (χ1) is 29.0. The summed E-state index contributed by atoms with van der Waals surface area (Å²) in [6, 6.07) is -0.734. The van der Waals surface area contributed by atoms with E-state index < -0.39 is 17.9 Å². The van der Waals surface area contributed by atoms with Gasteiger partial charge in [-0.05, 0) is 32.1 Å². The number of carboxylic acid groups (broad SMARTS) is 1. The molecule has 0 heterocycles. The third kappa shape index (κ3) is 40.7. The highest BCUT2D eigenvalue weighted by molar-refractivity contribution is 5.87. The number of likely N-dealkylation sites (N-methyl/N-ethyl adjacent to an activating group) is 1. The van der Waals surface area contributed by atoms with Crippen LogP contribution in [-0.2, 0) is 47.7 Å². The molecule has 5 amide bonds. The van der Waals surface area contributed by atoms with Crippen LogP contribution in [0.15, 0.2) is 4.99 Å². The number of amides is 5. The molecular formula is C41H78N8O11. The number of ether oxygens (including phenoxy) is 4. The number of carbonyl (C=O) groups is 6. The van der Waals surface area contributed by atoms with Crippen molar-refractivity contribution in [3.8, 4) is 0 Å². The summed E-state index contributed by atoms with van der Waals surface area (Å²) < 4.78 is 21.4. The molecule has 0 aliphatic heterocycles. The second-order valence-corrected chi connectivity index (χ2v) is 14.5. The number of nitrogens with zero attached hydrogens (tertiary/aromatic N) is 1. The number of carbonyl (C=O) groups excluding carboxylic acids is 5. The summed E-state index contributed by atoms with van der Waals surface area (Å²) in [4.78, 5) is 74.5. The van der Waals surface area contributed by atoms with E-state index in [2.05, 4.69) is 31.6 Å². The third-order valence-electron chi connectivity index (χ3n) is 9.14. The van der Waals surface area contributed by atoms with Crippen LogP contribution in [0.1, 0.15) is 128 Å². The van der Waals surface area contributed by atoms with Gasteiger partial charge in [-0.25, -0.2) is 0 Å². The highest BCUT2D eigenvalue weighted by Crippen LogP contribution is 2.14. The highest BCUT2D eigenvalue weighted by atomic mass is 16.5. The molecular weight excluding hydrogens is 780 g/mol. The Labute approximate surface area is 357 Å². The zero-order valence-electron chi connectivity index (χ0n) is 36.3. The minimum absolute atomic E-state index is 0.0310. The quantitative estimate of drug-likeness (QED) is 0.0247. The van der Waals surface area contributed by atoms with Crippen LogP contribution < -0.4 is 38.1 Å². The molecule has 0 aliphatic rings. The minimum Gasteiger partial charge on any atom is -0.481 e. The molecule has 10 N–H and O–H groups in total. The lowest BCUT2D eigenvalue weighted by molar-refractivity contribution is -0.137. The SMILES string of the molecule is CNC(=O)[C@@H](CCCN=C(N)N)NC(=O)COCCOCCNC(=O)COCCOCCNC(=O)CCCNC(=O)CCCCCCCCCCCCCCCCC(=O)O. The van der Waals surface area contributed by atoms with Gasteiger partial charge < -0.3 is 62.1 Å². The molecule has 0 fully saturated rings. The van der Waals surface area contributed by atoms with Crippen molar-refractivity contribution >= 4 is 41.5 Å². The van der Waals surface area contributed by atoms with Crippen LogP contribution in [0.5, 0.6) is 0 Å². The number of guanidine groups is 1. The molecule has 0 rings (SSSR count). The van der Waals surface area contributed by atoms with Gasteiger partial charge in [0.2, 0.25) is 29.5 Å². The van der Waals surface area contributed by atoms with Crippen molar-refractivity contribution in [3.63, 3.8) is 0 Å². The van der Waals surface area contributed by atoms with Crippen molar-refractivity contribution in [1.82, 2.24) is 26.6 Å². The molecule has 0 saturated heterocycles. The maximum Gasteiger partial charge on any atom is 0.303 e. The smallest absolute Gasteiger partial charge is 0.303 e. The van der Waals surface area contributed by atoms with Crippen LogP contribution in [0, 0.1) is 0 Å². The van der Waals surface area contributed by atoms with Crippen molar-refractivity contribution < 1.29 is 52.8 Å². The first-order valence-electron chi connectivity index (χ1n) is 21.9. The van der Waals surface area contributed by atoms with E-state index in [0.29, 0.717) is 58.3 Å². The van der Waals surface area contributed by atoms with Crippen LogP contribution in [0.2, 0.25) is 0 Å². The van der Waals surface area contributed by atoms with E-state index in [1.807, 2.05) is 0 Å². The number of unbranched alkanes of at least 4 members (excludes halogenated alkanes) is 13. The lowest BCUT2D eigenvalue weighted by atomic mass is 10.0. The fourth-order valence-electron chi connectivity index (χ4n) is 5.87. The normalized spacial score (nSPS) is 11.3. The Bertz CT molecular complexity index is 1180. The van der Waals surface area contributed by atoms with Crippen molar-refractivity contribution in [1.29, 1.82) is 0 Å². The van der Waals surface area contributed by atoms with Gasteiger partial charge in [-0.1, -0.05) is 77.0 Å². The number of carboxylic acids is 1. The Balaban J connectivity index is 3.52. The fraction of sp³-hybridized carbons (Fsp3) is 0.829. The van der Waals surface area contributed by atoms with Crippen LogP contribution >= 0.6 is 0 Å². The molecule has 0 saturated carbocycles. The molecule has 19 heteroatoms. The van der Waals surface area contributed by atoms with E-state index in [1.54, 1.807) is 0 Å². The Hall–Kier alpha value is -4.07. The maximum atomic E-state index is 12.1. The molecule has 0 aliphatic carbocycles. The molecule has 0 bridgehead atoms. The Morgan fingerprint density at radius 3 is 1.45 bits per heavy atom. The van der Waals surface area contributed by atoms with Crippen LogP contribution in [0.25, 0.3) is 0 Å². The summed E-state index contributed by atoms with van der Waals surface area (Å²) >= 11 is 0. The van der Waals surface area contributed by atoms with E-state index in [4.69, 9.17) is 35.5 Å². The number of hydrogen-bond acceptors (Lipinski definition) is 11. The molecule has 19 nitrogen and oxygen atoms in total. The predicted octanol–water partition coefficient (Wildman–Crippen LogP) is 1.79. The van der Waals surface area contributed by atoms with E-state index in [0.717, 1.165) is 38.5 Å². The second kappa shape index (κ2) is 41.7. The molecule has 0 radical (unpaired) electrons. The summed E-state index contributed by atoms with van der Waals surface area (Å²) in [5, 5.41) is 22.1. The van der Waals surface area contributed by atoms with Crippen molar-refractivity contribution in [3.05, 3.63) is 0 Å². The van der Waals surface area contributed by atoms with Gasteiger partial charge >= 0.3 is 5.97 Å². The second-order valence-electron chi connectivity index (χ2n) is 14.5.